The summed E-state index contributed by atoms with van der Waals surface area (Å²) in [6.07, 6.45) is 4.97. The number of rotatable bonds is 13. The van der Waals surface area contributed by atoms with E-state index >= 15 is 0 Å². The minimum atomic E-state index is -1.49. The van der Waals surface area contributed by atoms with Gasteiger partial charge in [-0.3, -0.25) is 0 Å². The quantitative estimate of drug-likeness (QED) is 0.267. The monoisotopic (exact) mass is 712 g/mol. The molecular formula is C33H45AsN6O7. The maximum atomic E-state index is 13.7. The maximum absolute atomic E-state index is 13.7. The van der Waals surface area contributed by atoms with Crippen molar-refractivity contribution in [2.24, 2.45) is 5.92 Å². The van der Waals surface area contributed by atoms with Gasteiger partial charge in [0.05, 0.1) is 0 Å². The van der Waals surface area contributed by atoms with Crippen LogP contribution in [-0.4, -0.2) is 113 Å². The van der Waals surface area contributed by atoms with Gasteiger partial charge in [-0.15, -0.1) is 0 Å². The van der Waals surface area contributed by atoms with Crippen LogP contribution in [0.15, 0.2) is 36.4 Å². The number of ether oxygens (including phenoxy) is 1. The van der Waals surface area contributed by atoms with Crippen LogP contribution >= 0.6 is 0 Å². The number of para-hydroxylation sites is 1. The van der Waals surface area contributed by atoms with Crippen LogP contribution in [0.3, 0.4) is 0 Å². The van der Waals surface area contributed by atoms with E-state index in [-0.39, 0.29) is 58.5 Å². The van der Waals surface area contributed by atoms with Crippen molar-refractivity contribution in [2.45, 2.75) is 88.0 Å². The van der Waals surface area contributed by atoms with Crippen molar-refractivity contribution in [1.82, 2.24) is 30.2 Å². The number of carbonyl (C=O) groups excluding carboxylic acids is 4. The Morgan fingerprint density at radius 2 is 1.66 bits per heavy atom. The molecule has 1 unspecified atom stereocenters. The van der Waals surface area contributed by atoms with Crippen LogP contribution in [0.25, 0.3) is 5.69 Å². The Kier molecular flexibility index (Phi) is 11.6. The van der Waals surface area contributed by atoms with E-state index in [0.717, 1.165) is 25.7 Å². The van der Waals surface area contributed by atoms with Crippen LogP contribution in [-0.2, 0) is 14.4 Å². The van der Waals surface area contributed by atoms with E-state index in [4.69, 9.17) is 9.84 Å². The molecule has 3 heterocycles. The van der Waals surface area contributed by atoms with Gasteiger partial charge in [0.25, 0.3) is 0 Å². The second-order valence-corrected chi connectivity index (χ2v) is 16.0. The van der Waals surface area contributed by atoms with E-state index in [2.05, 4.69) is 15.7 Å². The van der Waals surface area contributed by atoms with Gasteiger partial charge in [0.2, 0.25) is 0 Å². The molecule has 254 valence electrons. The topological polar surface area (TPSA) is 163 Å². The molecule has 1 aromatic carbocycles. The van der Waals surface area contributed by atoms with Gasteiger partial charge in [-0.1, -0.05) is 0 Å². The Bertz CT molecular complexity index is 1440. The van der Waals surface area contributed by atoms with E-state index in [1.54, 1.807) is 9.80 Å². The molecule has 1 saturated carbocycles. The van der Waals surface area contributed by atoms with Crippen molar-refractivity contribution in [1.29, 1.82) is 0 Å². The van der Waals surface area contributed by atoms with Gasteiger partial charge in [0.15, 0.2) is 0 Å². The summed E-state index contributed by atoms with van der Waals surface area (Å²) >= 11 is -1.49. The van der Waals surface area contributed by atoms with Gasteiger partial charge in [-0.25, -0.2) is 0 Å². The van der Waals surface area contributed by atoms with Gasteiger partial charge in [-0.2, -0.15) is 0 Å². The number of aromatic nitrogens is 2. The molecule has 13 nitrogen and oxygen atoms in total. The Morgan fingerprint density at radius 3 is 2.30 bits per heavy atom. The molecule has 2 aromatic rings. The zero-order valence-electron chi connectivity index (χ0n) is 27.0. The summed E-state index contributed by atoms with van der Waals surface area (Å²) in [5.74, 6) is -0.0492. The first-order valence-electron chi connectivity index (χ1n) is 16.6. The summed E-state index contributed by atoms with van der Waals surface area (Å²) in [7, 11) is 0. The van der Waals surface area contributed by atoms with Crippen molar-refractivity contribution in [3.05, 3.63) is 42.1 Å². The standard InChI is InChI=1S/C33H45AsN6O7/c1-21(2)18-25(32(44)38-16-13-23(14-17-38)36-33(45)46)34-30(42)26-19-29(40(37-26)24-10-4-3-5-11-24)47-20-28(41)39-15-7-12-27(39)31(43)35-22-8-6-9-22/h3-5,10-11,19,21-23,25,27,34,36H,6-9,12-18,20H2,1-2H3,(H,35,43)(H,45,46)/t25-,27-/m0/s1. The normalized spacial score (nSPS) is 19.5. The third kappa shape index (κ3) is 8.94. The second-order valence-electron chi connectivity index (χ2n) is 13.0. The fraction of sp³-hybridized carbons (Fsp3) is 0.576. The van der Waals surface area contributed by atoms with E-state index in [0.29, 0.717) is 51.0 Å². The first-order valence-corrected chi connectivity index (χ1v) is 18.8. The van der Waals surface area contributed by atoms with Crippen LogP contribution in [0.4, 0.5) is 4.79 Å². The summed E-state index contributed by atoms with van der Waals surface area (Å²) in [5.41, 5.74) is 0.835. The molecule has 3 N–H and O–H groups in total. The Morgan fingerprint density at radius 1 is 0.957 bits per heavy atom. The van der Waals surface area contributed by atoms with Gasteiger partial charge in [-0.05, 0) is 19.3 Å². The molecule has 0 bridgehead atoms. The fourth-order valence-electron chi connectivity index (χ4n) is 6.30. The van der Waals surface area contributed by atoms with E-state index in [9.17, 15) is 24.0 Å². The van der Waals surface area contributed by atoms with Gasteiger partial charge in [0, 0.05) is 0 Å². The molecule has 3 aliphatic rings. The Labute approximate surface area is 281 Å². The third-order valence-electron chi connectivity index (χ3n) is 9.03. The fourth-order valence-corrected chi connectivity index (χ4v) is 9.41. The van der Waals surface area contributed by atoms with E-state index in [1.165, 1.54) is 10.7 Å². The molecule has 0 radical (unpaired) electrons. The third-order valence-corrected chi connectivity index (χ3v) is 11.9. The van der Waals surface area contributed by atoms with Crippen LogP contribution in [0.2, 0.25) is 4.71 Å². The average Bonchev–Trinajstić information content (AvgIpc) is 3.69. The molecule has 2 aliphatic heterocycles. The minimum absolute atomic E-state index is 0.0631. The number of carbonyl (C=O) groups is 5. The second kappa shape index (κ2) is 15.8. The Balaban J connectivity index is 1.27. The molecular weight excluding hydrogens is 667 g/mol. The first kappa shape index (κ1) is 34.5. The van der Waals surface area contributed by atoms with Crippen molar-refractivity contribution < 1.29 is 33.8 Å². The summed E-state index contributed by atoms with van der Waals surface area (Å²) in [5, 5.41) is 19.2. The number of hydrogen-bond acceptors (Lipinski definition) is 7. The molecule has 14 heteroatoms. The van der Waals surface area contributed by atoms with Crippen molar-refractivity contribution in [3.63, 3.8) is 0 Å². The predicted octanol–water partition coefficient (Wildman–Crippen LogP) is 2.58. The number of nitrogens with zero attached hydrogens (tertiary/aromatic N) is 4. The van der Waals surface area contributed by atoms with Crippen molar-refractivity contribution in [2.75, 3.05) is 26.2 Å². The number of benzene rings is 1. The van der Waals surface area contributed by atoms with Gasteiger partial charge < -0.3 is 0 Å². The SMILES string of the molecule is CC(C)C[C@H]([AsH]C(=O)c1cc(OCC(=O)N2CCC[C@H]2C(=O)NC2CCC2)n(-c2ccccc2)n1)C(=O)N1CCC(NC(=O)O)CC1. The summed E-state index contributed by atoms with van der Waals surface area (Å²) in [4.78, 5) is 67.9. The molecule has 47 heavy (non-hydrogen) atoms. The van der Waals surface area contributed by atoms with Gasteiger partial charge >= 0.3 is 263 Å². The van der Waals surface area contributed by atoms with Crippen LogP contribution in [0.5, 0.6) is 5.88 Å². The number of piperidine rings is 1. The number of likely N-dealkylation sites (tertiary alicyclic amines) is 2. The molecule has 4 amide bonds. The van der Waals surface area contributed by atoms with Crippen molar-refractivity contribution in [3.8, 4) is 11.6 Å². The van der Waals surface area contributed by atoms with Crippen molar-refractivity contribution >= 4 is 44.1 Å². The molecule has 0 spiro atoms. The zero-order chi connectivity index (χ0) is 33.5. The molecule has 3 atom stereocenters. The van der Waals surface area contributed by atoms with Crippen LogP contribution in [0.1, 0.15) is 75.7 Å². The zero-order valence-corrected chi connectivity index (χ0v) is 29.1. The summed E-state index contributed by atoms with van der Waals surface area (Å²) < 4.78 is 6.88. The predicted molar refractivity (Wildman–Crippen MR) is 175 cm³/mol. The van der Waals surface area contributed by atoms with E-state index in [1.807, 2.05) is 44.2 Å². The molecule has 1 aliphatic carbocycles. The average molecular weight is 713 g/mol. The summed E-state index contributed by atoms with van der Waals surface area (Å²) in [6.45, 7) is 5.10. The number of nitrogens with one attached hydrogen (secondary N) is 2. The van der Waals surface area contributed by atoms with E-state index < -0.39 is 32.6 Å². The van der Waals surface area contributed by atoms with Crippen LogP contribution < -0.4 is 15.4 Å². The molecule has 5 rings (SSSR count). The molecule has 2 saturated heterocycles. The first-order chi connectivity index (χ1) is 22.6. The molecule has 1 aromatic heterocycles. The number of carboxylic acid groups (broad SMARTS) is 1. The number of amides is 4. The number of hydrogen-bond donors (Lipinski definition) is 3. The van der Waals surface area contributed by atoms with Crippen LogP contribution in [0, 0.1) is 5.92 Å². The Hall–Kier alpha value is -3.86. The molecule has 3 fully saturated rings. The summed E-state index contributed by atoms with van der Waals surface area (Å²) in [6, 6.07) is 10.2. The van der Waals surface area contributed by atoms with Gasteiger partial charge in [0.1, 0.15) is 0 Å².